The van der Waals surface area contributed by atoms with Crippen molar-refractivity contribution in [2.45, 2.75) is 103 Å². The molecule has 8 bridgehead atoms. The summed E-state index contributed by atoms with van der Waals surface area (Å²) in [7, 11) is -3.18. The quantitative estimate of drug-likeness (QED) is 0.250. The highest BCUT2D eigenvalue weighted by molar-refractivity contribution is 6.53. The van der Waals surface area contributed by atoms with Crippen molar-refractivity contribution < 1.29 is 17.7 Å². The van der Waals surface area contributed by atoms with Gasteiger partial charge in [0.05, 0.1) is 0 Å². The van der Waals surface area contributed by atoms with Gasteiger partial charge in [0.25, 0.3) is 0 Å². The molecule has 0 unspecified atom stereocenters. The van der Waals surface area contributed by atoms with Crippen molar-refractivity contribution in [3.63, 3.8) is 0 Å². The molecule has 0 N–H and O–H groups in total. The Morgan fingerprint density at radius 3 is 0.811 bits per heavy atom. The molecule has 0 aliphatic heterocycles. The molecule has 8 aliphatic carbocycles. The highest BCUT2D eigenvalue weighted by Gasteiger charge is 2.53. The van der Waals surface area contributed by atoms with Crippen LogP contribution >= 0.6 is 0 Å². The molecule has 5 heteroatoms. The molecule has 12 atom stereocenters. The second kappa shape index (κ2) is 10.2. The van der Waals surface area contributed by atoms with Gasteiger partial charge in [0.1, 0.15) is 0 Å². The number of hydrogen-bond acceptors (Lipinski definition) is 4. The van der Waals surface area contributed by atoms with E-state index in [1.54, 1.807) is 0 Å². The van der Waals surface area contributed by atoms with Crippen LogP contribution < -0.4 is 0 Å². The van der Waals surface area contributed by atoms with Crippen molar-refractivity contribution in [3.05, 3.63) is 0 Å². The van der Waals surface area contributed by atoms with E-state index in [2.05, 4.69) is 0 Å². The van der Waals surface area contributed by atoms with Gasteiger partial charge in [0, 0.05) is 26.4 Å². The monoisotopic (exact) mass is 528 g/mol. The molecule has 0 radical (unpaired) electrons. The summed E-state index contributed by atoms with van der Waals surface area (Å²) in [4.78, 5) is 0. The average Bonchev–Trinajstić information content (AvgIpc) is 3.78. The molecule has 0 spiro atoms. The molecule has 0 heterocycles. The number of hydrogen-bond donors (Lipinski definition) is 0. The Bertz CT molecular complexity index is 687. The van der Waals surface area contributed by atoms with Gasteiger partial charge in [-0.3, -0.25) is 0 Å². The second-order valence-electron chi connectivity index (χ2n) is 15.5. The standard InChI is InChI=1S/C32H52O4Si/c1-5-25-9-21(1)13-29(25)17-33-37(34-18-30-14-22-2-6-26(30)10-22,35-19-31-15-23-3-7-27(31)11-23)36-20-32-16-24-4-8-28(32)12-24/h21-32H,1-20H2/t21-,22-,23-,24-,25-,26-,27-,28-,29+,30+,31+,32+/m0/s1. The zero-order valence-corrected chi connectivity index (χ0v) is 24.2. The highest BCUT2D eigenvalue weighted by atomic mass is 28.4. The molecule has 0 aromatic heterocycles. The summed E-state index contributed by atoms with van der Waals surface area (Å²) in [5.41, 5.74) is 0. The van der Waals surface area contributed by atoms with E-state index in [4.69, 9.17) is 17.7 Å². The van der Waals surface area contributed by atoms with Gasteiger partial charge in [0.2, 0.25) is 0 Å². The first-order valence-corrected chi connectivity index (χ1v) is 18.4. The van der Waals surface area contributed by atoms with E-state index in [1.807, 2.05) is 0 Å². The van der Waals surface area contributed by atoms with Crippen molar-refractivity contribution in [2.24, 2.45) is 71.0 Å². The number of fused-ring (bicyclic) bond motifs is 8. The molecule has 37 heavy (non-hydrogen) atoms. The van der Waals surface area contributed by atoms with E-state index in [-0.39, 0.29) is 0 Å². The van der Waals surface area contributed by atoms with Crippen LogP contribution in [0.15, 0.2) is 0 Å². The van der Waals surface area contributed by atoms with E-state index < -0.39 is 9.05 Å². The molecular weight excluding hydrogens is 476 g/mol. The summed E-state index contributed by atoms with van der Waals surface area (Å²) in [6, 6.07) is 0. The van der Waals surface area contributed by atoms with E-state index in [9.17, 15) is 0 Å². The first kappa shape index (κ1) is 24.8. The van der Waals surface area contributed by atoms with Crippen LogP contribution in [0.25, 0.3) is 0 Å². The Morgan fingerprint density at radius 2 is 0.622 bits per heavy atom. The third-order valence-electron chi connectivity index (χ3n) is 13.4. The maximum absolute atomic E-state index is 6.96. The Labute approximate surface area is 226 Å². The van der Waals surface area contributed by atoms with Crippen LogP contribution in [0.1, 0.15) is 103 Å². The molecule has 0 aromatic rings. The van der Waals surface area contributed by atoms with E-state index in [0.29, 0.717) is 23.7 Å². The van der Waals surface area contributed by atoms with Gasteiger partial charge in [-0.05, 0) is 148 Å². The Kier molecular flexibility index (Phi) is 6.81. The minimum atomic E-state index is -3.18. The minimum absolute atomic E-state index is 0.703. The number of rotatable bonds is 12. The molecule has 4 nitrogen and oxygen atoms in total. The van der Waals surface area contributed by atoms with E-state index in [0.717, 1.165) is 73.8 Å². The third-order valence-corrected chi connectivity index (χ3v) is 15.5. The lowest BCUT2D eigenvalue weighted by atomic mass is 9.90. The second-order valence-corrected chi connectivity index (χ2v) is 17.6. The fourth-order valence-corrected chi connectivity index (χ4v) is 13.6. The average molecular weight is 529 g/mol. The molecule has 0 amide bonds. The van der Waals surface area contributed by atoms with Gasteiger partial charge in [-0.1, -0.05) is 25.7 Å². The zero-order chi connectivity index (χ0) is 24.4. The minimum Gasteiger partial charge on any atom is -0.351 e. The fraction of sp³-hybridized carbons (Fsp3) is 1.00. The highest BCUT2D eigenvalue weighted by Crippen LogP contribution is 2.52. The molecule has 0 saturated heterocycles. The summed E-state index contributed by atoms with van der Waals surface area (Å²) >= 11 is 0. The van der Waals surface area contributed by atoms with Crippen LogP contribution in [0, 0.1) is 71.0 Å². The maximum atomic E-state index is 6.96. The summed E-state index contributed by atoms with van der Waals surface area (Å²) < 4.78 is 27.8. The maximum Gasteiger partial charge on any atom is 0.679 e. The van der Waals surface area contributed by atoms with Crippen molar-refractivity contribution in [2.75, 3.05) is 26.4 Å². The molecule has 0 aromatic carbocycles. The summed E-state index contributed by atoms with van der Waals surface area (Å²) in [6.45, 7) is 3.27. The van der Waals surface area contributed by atoms with Crippen molar-refractivity contribution in [1.29, 1.82) is 0 Å². The summed E-state index contributed by atoms with van der Waals surface area (Å²) in [5.74, 6) is 10.1. The van der Waals surface area contributed by atoms with Crippen LogP contribution in [0.3, 0.4) is 0 Å². The molecule has 208 valence electrons. The predicted octanol–water partition coefficient (Wildman–Crippen LogP) is 7.23. The SMILES string of the molecule is C1C[C@H]2C[C@H]1C[C@@H]2CO[Si](OC[C@H]1C[C@H]2CC[C@H]1C2)(OC[C@H]1C[C@H]2CC[C@H]1C2)OC[C@H]1C[C@H]2CC[C@H]1C2. The largest absolute Gasteiger partial charge is 0.679 e. The Morgan fingerprint density at radius 1 is 0.351 bits per heavy atom. The van der Waals surface area contributed by atoms with Crippen LogP contribution in [0.5, 0.6) is 0 Å². The first-order chi connectivity index (χ1) is 18.2. The lowest BCUT2D eigenvalue weighted by Gasteiger charge is -2.35. The van der Waals surface area contributed by atoms with E-state index in [1.165, 1.54) is 103 Å². The lowest BCUT2D eigenvalue weighted by Crippen LogP contribution is -2.53. The summed E-state index contributed by atoms with van der Waals surface area (Å²) in [6.07, 6.45) is 22.7. The molecular formula is C32H52O4Si. The van der Waals surface area contributed by atoms with Crippen LogP contribution in [-0.4, -0.2) is 35.5 Å². The topological polar surface area (TPSA) is 36.9 Å². The van der Waals surface area contributed by atoms with Gasteiger partial charge < -0.3 is 17.7 Å². The molecule has 8 rings (SSSR count). The van der Waals surface area contributed by atoms with Crippen LogP contribution in [0.2, 0.25) is 0 Å². The van der Waals surface area contributed by atoms with Gasteiger partial charge in [-0.2, -0.15) is 0 Å². The van der Waals surface area contributed by atoms with Gasteiger partial charge >= 0.3 is 9.05 Å². The van der Waals surface area contributed by atoms with Crippen molar-refractivity contribution in [1.82, 2.24) is 0 Å². The van der Waals surface area contributed by atoms with Crippen molar-refractivity contribution in [3.8, 4) is 0 Å². The summed E-state index contributed by atoms with van der Waals surface area (Å²) in [5, 5.41) is 0. The van der Waals surface area contributed by atoms with Gasteiger partial charge in [-0.15, -0.1) is 0 Å². The Balaban J connectivity index is 0.983. The van der Waals surface area contributed by atoms with E-state index >= 15 is 0 Å². The lowest BCUT2D eigenvalue weighted by molar-refractivity contribution is -0.0684. The van der Waals surface area contributed by atoms with Crippen LogP contribution in [-0.2, 0) is 17.7 Å². The first-order valence-electron chi connectivity index (χ1n) is 16.7. The van der Waals surface area contributed by atoms with Crippen LogP contribution in [0.4, 0.5) is 0 Å². The smallest absolute Gasteiger partial charge is 0.351 e. The van der Waals surface area contributed by atoms with Gasteiger partial charge in [0.15, 0.2) is 0 Å². The Hall–Kier alpha value is 0.0569. The molecule has 8 saturated carbocycles. The van der Waals surface area contributed by atoms with Crippen molar-refractivity contribution >= 4 is 9.05 Å². The third kappa shape index (κ3) is 4.93. The normalized spacial score (nSPS) is 49.3. The fourth-order valence-electron chi connectivity index (χ4n) is 11.4. The predicted molar refractivity (Wildman–Crippen MR) is 145 cm³/mol. The van der Waals surface area contributed by atoms with Gasteiger partial charge in [-0.25, -0.2) is 0 Å². The molecule has 8 fully saturated rings. The zero-order valence-electron chi connectivity index (χ0n) is 23.2. The molecule has 8 aliphatic rings.